The van der Waals surface area contributed by atoms with Crippen LogP contribution in [0.2, 0.25) is 0 Å². The molecule has 9 heteroatoms. The van der Waals surface area contributed by atoms with Crippen molar-refractivity contribution in [3.8, 4) is 5.75 Å². The minimum atomic E-state index is -3.75. The van der Waals surface area contributed by atoms with Gasteiger partial charge >= 0.3 is 0 Å². The van der Waals surface area contributed by atoms with Crippen molar-refractivity contribution in [2.45, 2.75) is 11.8 Å². The largest absolute Gasteiger partial charge is 0.494 e. The number of carbonyl (C=O) groups excluding carboxylic acids is 1. The zero-order valence-corrected chi connectivity index (χ0v) is 15.0. The summed E-state index contributed by atoms with van der Waals surface area (Å²) >= 11 is 5.09. The normalized spacial score (nSPS) is 10.8. The minimum absolute atomic E-state index is 0.0132. The van der Waals surface area contributed by atoms with Gasteiger partial charge in [0, 0.05) is 11.3 Å². The van der Waals surface area contributed by atoms with Crippen LogP contribution >= 0.6 is 12.2 Å². The summed E-state index contributed by atoms with van der Waals surface area (Å²) < 4.78 is 27.8. The molecule has 2 rings (SSSR count). The highest BCUT2D eigenvalue weighted by molar-refractivity contribution is 7.89. The highest BCUT2D eigenvalue weighted by Gasteiger charge is 2.10. The summed E-state index contributed by atoms with van der Waals surface area (Å²) in [6.07, 6.45) is 0. The van der Waals surface area contributed by atoms with Gasteiger partial charge in [-0.15, -0.1) is 0 Å². The summed E-state index contributed by atoms with van der Waals surface area (Å²) in [6.45, 7) is 2.35. The van der Waals surface area contributed by atoms with Crippen LogP contribution in [0.25, 0.3) is 0 Å². The van der Waals surface area contributed by atoms with Gasteiger partial charge in [0.15, 0.2) is 5.11 Å². The van der Waals surface area contributed by atoms with Gasteiger partial charge in [-0.3, -0.25) is 10.1 Å². The Kier molecular flexibility index (Phi) is 6.07. The molecule has 0 heterocycles. The van der Waals surface area contributed by atoms with Crippen LogP contribution in [0.5, 0.6) is 5.75 Å². The van der Waals surface area contributed by atoms with E-state index in [4.69, 9.17) is 22.1 Å². The second-order valence-electron chi connectivity index (χ2n) is 4.94. The van der Waals surface area contributed by atoms with E-state index in [1.165, 1.54) is 24.3 Å². The predicted octanol–water partition coefficient (Wildman–Crippen LogP) is 1.86. The molecule has 4 N–H and O–H groups in total. The number of sulfonamides is 1. The summed E-state index contributed by atoms with van der Waals surface area (Å²) in [5.74, 6) is 0.202. The van der Waals surface area contributed by atoms with Crippen LogP contribution in [0.1, 0.15) is 17.3 Å². The van der Waals surface area contributed by atoms with E-state index >= 15 is 0 Å². The van der Waals surface area contributed by atoms with Gasteiger partial charge in [-0.2, -0.15) is 0 Å². The van der Waals surface area contributed by atoms with Gasteiger partial charge < -0.3 is 10.1 Å². The van der Waals surface area contributed by atoms with Crippen molar-refractivity contribution in [3.05, 3.63) is 54.1 Å². The van der Waals surface area contributed by atoms with Gasteiger partial charge in [0.05, 0.1) is 11.5 Å². The van der Waals surface area contributed by atoms with Gasteiger partial charge in [0.1, 0.15) is 5.75 Å². The third-order valence-corrected chi connectivity index (χ3v) is 4.21. The van der Waals surface area contributed by atoms with Gasteiger partial charge in [-0.05, 0) is 61.6 Å². The second-order valence-corrected chi connectivity index (χ2v) is 6.91. The predicted molar refractivity (Wildman–Crippen MR) is 99.1 cm³/mol. The average Bonchev–Trinajstić information content (AvgIpc) is 2.55. The summed E-state index contributed by atoms with van der Waals surface area (Å²) in [4.78, 5) is 12.2. The number of nitrogens with one attached hydrogen (secondary N) is 2. The lowest BCUT2D eigenvalue weighted by atomic mass is 10.2. The molecule has 0 aliphatic heterocycles. The number of ether oxygens (including phenoxy) is 1. The molecule has 25 heavy (non-hydrogen) atoms. The molecule has 0 aromatic heterocycles. The molecular formula is C16H17N3O4S2. The number of rotatable bonds is 5. The summed E-state index contributed by atoms with van der Waals surface area (Å²) in [5, 5.41) is 10.4. The van der Waals surface area contributed by atoms with Crippen molar-refractivity contribution in [1.82, 2.24) is 5.32 Å². The summed E-state index contributed by atoms with van der Waals surface area (Å²) in [5.41, 5.74) is 0.917. The van der Waals surface area contributed by atoms with Crippen LogP contribution in [-0.4, -0.2) is 26.0 Å². The molecule has 0 aliphatic carbocycles. The fourth-order valence-electron chi connectivity index (χ4n) is 1.96. The number of benzene rings is 2. The lowest BCUT2D eigenvalue weighted by Gasteiger charge is -2.11. The minimum Gasteiger partial charge on any atom is -0.494 e. The number of carbonyl (C=O) groups is 1. The smallest absolute Gasteiger partial charge is 0.257 e. The molecule has 0 fully saturated rings. The van der Waals surface area contributed by atoms with Gasteiger partial charge in [0.25, 0.3) is 5.91 Å². The second kappa shape index (κ2) is 8.06. The van der Waals surface area contributed by atoms with Crippen molar-refractivity contribution < 1.29 is 17.9 Å². The van der Waals surface area contributed by atoms with Crippen LogP contribution in [0.15, 0.2) is 53.4 Å². The quantitative estimate of drug-likeness (QED) is 0.684. The number of hydrogen-bond donors (Lipinski definition) is 3. The van der Waals surface area contributed by atoms with Gasteiger partial charge in [-0.25, -0.2) is 13.6 Å². The zero-order valence-electron chi connectivity index (χ0n) is 13.4. The number of primary sulfonamides is 1. The molecule has 0 atom stereocenters. The van der Waals surface area contributed by atoms with E-state index in [1.54, 1.807) is 24.3 Å². The highest BCUT2D eigenvalue weighted by atomic mass is 32.2. The van der Waals surface area contributed by atoms with Crippen LogP contribution < -0.4 is 20.5 Å². The first-order valence-electron chi connectivity index (χ1n) is 7.27. The van der Waals surface area contributed by atoms with E-state index in [2.05, 4.69) is 10.6 Å². The Morgan fingerprint density at radius 2 is 1.88 bits per heavy atom. The van der Waals surface area contributed by atoms with Gasteiger partial charge in [0.2, 0.25) is 10.0 Å². The number of thiocarbonyl (C=S) groups is 1. The first kappa shape index (κ1) is 18.8. The third-order valence-electron chi connectivity index (χ3n) is 3.08. The lowest BCUT2D eigenvalue weighted by Crippen LogP contribution is -2.34. The number of anilines is 1. The monoisotopic (exact) mass is 379 g/mol. The molecule has 0 spiro atoms. The maximum Gasteiger partial charge on any atom is 0.257 e. The molecule has 0 aliphatic rings. The molecule has 0 bridgehead atoms. The Morgan fingerprint density at radius 3 is 2.48 bits per heavy atom. The number of amides is 1. The fraction of sp³-hybridized carbons (Fsp3) is 0.125. The number of hydrogen-bond acceptors (Lipinski definition) is 5. The first-order valence-corrected chi connectivity index (χ1v) is 9.23. The summed E-state index contributed by atoms with van der Waals surface area (Å²) in [7, 11) is -3.75. The SMILES string of the molecule is CCOc1cccc(C(=O)NC(=S)Nc2ccc(S(N)(=O)=O)cc2)c1. The first-order chi connectivity index (χ1) is 11.8. The summed E-state index contributed by atoms with van der Waals surface area (Å²) in [6, 6.07) is 12.4. The van der Waals surface area contributed by atoms with Crippen LogP contribution in [0, 0.1) is 0 Å². The average molecular weight is 379 g/mol. The van der Waals surface area contributed by atoms with Gasteiger partial charge in [-0.1, -0.05) is 6.07 Å². The lowest BCUT2D eigenvalue weighted by molar-refractivity contribution is 0.0977. The van der Waals surface area contributed by atoms with Crippen molar-refractivity contribution in [3.63, 3.8) is 0 Å². The Balaban J connectivity index is 2.00. The van der Waals surface area contributed by atoms with Crippen molar-refractivity contribution in [2.24, 2.45) is 5.14 Å². The molecule has 0 unspecified atom stereocenters. The molecule has 2 aromatic rings. The Labute approximate surface area is 151 Å². The van der Waals surface area contributed by atoms with E-state index in [0.29, 0.717) is 23.6 Å². The van der Waals surface area contributed by atoms with E-state index in [-0.39, 0.29) is 15.9 Å². The molecule has 132 valence electrons. The Hall–Kier alpha value is -2.49. The molecule has 0 saturated heterocycles. The van der Waals surface area contributed by atoms with E-state index in [1.807, 2.05) is 6.92 Å². The number of nitrogens with two attached hydrogens (primary N) is 1. The van der Waals surface area contributed by atoms with Crippen molar-refractivity contribution in [2.75, 3.05) is 11.9 Å². The maximum absolute atomic E-state index is 12.2. The van der Waals surface area contributed by atoms with Crippen LogP contribution in [-0.2, 0) is 10.0 Å². The molecular weight excluding hydrogens is 362 g/mol. The standard InChI is InChI=1S/C16H17N3O4S2/c1-2-23-13-5-3-4-11(10-13)15(20)19-16(24)18-12-6-8-14(9-7-12)25(17,21)22/h3-10H,2H2,1H3,(H2,17,21,22)(H2,18,19,20,24). The molecule has 2 aromatic carbocycles. The van der Waals surface area contributed by atoms with Crippen LogP contribution in [0.3, 0.4) is 0 Å². The Bertz CT molecular complexity index is 881. The zero-order chi connectivity index (χ0) is 18.4. The van der Waals surface area contributed by atoms with Crippen molar-refractivity contribution >= 4 is 38.9 Å². The van der Waals surface area contributed by atoms with Crippen molar-refractivity contribution in [1.29, 1.82) is 0 Å². The van der Waals surface area contributed by atoms with E-state index in [0.717, 1.165) is 0 Å². The fourth-order valence-corrected chi connectivity index (χ4v) is 2.69. The highest BCUT2D eigenvalue weighted by Crippen LogP contribution is 2.14. The Morgan fingerprint density at radius 1 is 1.20 bits per heavy atom. The van der Waals surface area contributed by atoms with E-state index < -0.39 is 10.0 Å². The van der Waals surface area contributed by atoms with Crippen LogP contribution in [0.4, 0.5) is 5.69 Å². The topological polar surface area (TPSA) is 111 Å². The molecule has 1 amide bonds. The third kappa shape index (κ3) is 5.52. The maximum atomic E-state index is 12.2. The molecule has 0 radical (unpaired) electrons. The van der Waals surface area contributed by atoms with E-state index in [9.17, 15) is 13.2 Å². The molecule has 7 nitrogen and oxygen atoms in total. The molecule has 0 saturated carbocycles.